The topological polar surface area (TPSA) is 4.93 Å². The SMILES string of the molecule is [B]n1c(C2=CCCC=C2)c(C)c2ccccc21. The zero-order chi connectivity index (χ0) is 11.8. The first-order valence-corrected chi connectivity index (χ1v) is 6.01. The average Bonchev–Trinajstić information content (AvgIpc) is 2.64. The fourth-order valence-electron chi connectivity index (χ4n) is 2.57. The van der Waals surface area contributed by atoms with Crippen LogP contribution in [0.2, 0.25) is 0 Å². The normalized spacial score (nSPS) is 15.2. The fraction of sp³-hybridized carbons (Fsp3) is 0.200. The third kappa shape index (κ3) is 1.56. The van der Waals surface area contributed by atoms with Crippen LogP contribution in [0.5, 0.6) is 0 Å². The lowest BCUT2D eigenvalue weighted by atomic mass is 10.0. The van der Waals surface area contributed by atoms with Gasteiger partial charge in [0, 0.05) is 16.6 Å². The minimum atomic E-state index is 1.10. The van der Waals surface area contributed by atoms with E-state index in [0.29, 0.717) is 0 Å². The van der Waals surface area contributed by atoms with E-state index in [4.69, 9.17) is 7.98 Å². The largest absolute Gasteiger partial charge is 0.397 e. The van der Waals surface area contributed by atoms with Gasteiger partial charge in [-0.15, -0.1) is 0 Å². The van der Waals surface area contributed by atoms with Crippen molar-refractivity contribution in [3.63, 3.8) is 0 Å². The van der Waals surface area contributed by atoms with Crippen LogP contribution in [0, 0.1) is 6.92 Å². The predicted octanol–water partition coefficient (Wildman–Crippen LogP) is 3.61. The molecule has 2 aromatic rings. The predicted molar refractivity (Wildman–Crippen MR) is 74.2 cm³/mol. The van der Waals surface area contributed by atoms with E-state index in [1.54, 1.807) is 0 Å². The highest BCUT2D eigenvalue weighted by Crippen LogP contribution is 2.31. The van der Waals surface area contributed by atoms with E-state index in [1.165, 1.54) is 16.5 Å². The number of aromatic nitrogens is 1. The molecule has 3 rings (SSSR count). The summed E-state index contributed by atoms with van der Waals surface area (Å²) in [5.41, 5.74) is 4.75. The minimum absolute atomic E-state index is 1.10. The number of fused-ring (bicyclic) bond motifs is 1. The highest BCUT2D eigenvalue weighted by molar-refractivity contribution is 6.14. The first-order chi connectivity index (χ1) is 8.29. The van der Waals surface area contributed by atoms with Crippen molar-refractivity contribution in [2.75, 3.05) is 0 Å². The summed E-state index contributed by atoms with van der Waals surface area (Å²) in [6, 6.07) is 8.29. The molecule has 2 heteroatoms. The molecule has 0 amide bonds. The molecule has 0 unspecified atom stereocenters. The van der Waals surface area contributed by atoms with Crippen LogP contribution in [0.1, 0.15) is 24.1 Å². The van der Waals surface area contributed by atoms with Crippen LogP contribution in [0.15, 0.2) is 42.5 Å². The number of para-hydroxylation sites is 1. The average molecular weight is 219 g/mol. The molecule has 1 aromatic heterocycles. The van der Waals surface area contributed by atoms with Gasteiger partial charge in [-0.2, -0.15) is 0 Å². The molecule has 1 aliphatic carbocycles. The summed E-state index contributed by atoms with van der Waals surface area (Å²) in [6.45, 7) is 2.14. The van der Waals surface area contributed by atoms with Gasteiger partial charge in [0.1, 0.15) is 0 Å². The Kier molecular flexibility index (Phi) is 2.43. The molecule has 82 valence electrons. The van der Waals surface area contributed by atoms with Gasteiger partial charge in [-0.1, -0.05) is 36.4 Å². The second kappa shape index (κ2) is 3.95. The summed E-state index contributed by atoms with van der Waals surface area (Å²) in [5.74, 6) is 0. The summed E-state index contributed by atoms with van der Waals surface area (Å²) in [7, 11) is 6.21. The molecule has 0 saturated heterocycles. The van der Waals surface area contributed by atoms with Crippen molar-refractivity contribution in [2.45, 2.75) is 19.8 Å². The van der Waals surface area contributed by atoms with Gasteiger partial charge < -0.3 is 4.48 Å². The van der Waals surface area contributed by atoms with Crippen LogP contribution < -0.4 is 0 Å². The Balaban J connectivity index is 2.29. The molecule has 0 spiro atoms. The van der Waals surface area contributed by atoms with Gasteiger partial charge >= 0.3 is 0 Å². The van der Waals surface area contributed by atoms with Gasteiger partial charge in [-0.05, 0) is 37.0 Å². The van der Waals surface area contributed by atoms with Crippen LogP contribution in [-0.4, -0.2) is 12.5 Å². The number of allylic oxidation sites excluding steroid dienone is 4. The first kappa shape index (κ1) is 10.5. The highest BCUT2D eigenvalue weighted by Gasteiger charge is 2.13. The summed E-state index contributed by atoms with van der Waals surface area (Å²) < 4.78 is 1.81. The van der Waals surface area contributed by atoms with Crippen LogP contribution >= 0.6 is 0 Å². The van der Waals surface area contributed by atoms with Crippen molar-refractivity contribution >= 4 is 24.5 Å². The highest BCUT2D eigenvalue weighted by atomic mass is 14.9. The Labute approximate surface area is 103 Å². The number of hydrogen-bond acceptors (Lipinski definition) is 0. The quantitative estimate of drug-likeness (QED) is 0.645. The van der Waals surface area contributed by atoms with Crippen LogP contribution in [0.25, 0.3) is 16.5 Å². The molecular weight excluding hydrogens is 205 g/mol. The molecule has 1 heterocycles. The molecule has 0 fully saturated rings. The third-order valence-corrected chi connectivity index (χ3v) is 3.43. The van der Waals surface area contributed by atoms with Crippen molar-refractivity contribution in [3.05, 3.63) is 53.8 Å². The second-order valence-electron chi connectivity index (χ2n) is 4.50. The van der Waals surface area contributed by atoms with E-state index in [2.05, 4.69) is 43.4 Å². The number of nitrogens with zero attached hydrogens (tertiary/aromatic N) is 1. The molecule has 1 aliphatic rings. The maximum Gasteiger partial charge on any atom is 0.234 e. The number of hydrogen-bond donors (Lipinski definition) is 0. The van der Waals surface area contributed by atoms with Crippen LogP contribution in [0.4, 0.5) is 0 Å². The maximum atomic E-state index is 6.21. The maximum absolute atomic E-state index is 6.21. The summed E-state index contributed by atoms with van der Waals surface area (Å²) >= 11 is 0. The lowest BCUT2D eigenvalue weighted by molar-refractivity contribution is 1.04. The Bertz CT molecular complexity index is 593. The number of aryl methyl sites for hydroxylation is 1. The summed E-state index contributed by atoms with van der Waals surface area (Å²) in [5, 5.41) is 1.24. The van der Waals surface area contributed by atoms with Gasteiger partial charge in [-0.25, -0.2) is 0 Å². The van der Waals surface area contributed by atoms with E-state index < -0.39 is 0 Å². The van der Waals surface area contributed by atoms with Gasteiger partial charge in [0.2, 0.25) is 7.98 Å². The Morgan fingerprint density at radius 2 is 2.00 bits per heavy atom. The van der Waals surface area contributed by atoms with Gasteiger partial charge in [0.15, 0.2) is 0 Å². The van der Waals surface area contributed by atoms with Crippen LogP contribution in [0.3, 0.4) is 0 Å². The number of rotatable bonds is 1. The Morgan fingerprint density at radius 1 is 1.18 bits per heavy atom. The van der Waals surface area contributed by atoms with Gasteiger partial charge in [0.05, 0.1) is 0 Å². The molecule has 0 aliphatic heterocycles. The van der Waals surface area contributed by atoms with E-state index in [1.807, 2.05) is 10.5 Å². The molecular formula is C15H14BN. The van der Waals surface area contributed by atoms with Crippen molar-refractivity contribution in [3.8, 4) is 0 Å². The summed E-state index contributed by atoms with van der Waals surface area (Å²) in [4.78, 5) is 0. The van der Waals surface area contributed by atoms with E-state index in [0.717, 1.165) is 24.1 Å². The first-order valence-electron chi connectivity index (χ1n) is 6.01. The molecule has 17 heavy (non-hydrogen) atoms. The smallest absolute Gasteiger partial charge is 0.234 e. The van der Waals surface area contributed by atoms with Crippen molar-refractivity contribution < 1.29 is 0 Å². The molecule has 1 aromatic carbocycles. The molecule has 1 nitrogen and oxygen atoms in total. The van der Waals surface area contributed by atoms with E-state index >= 15 is 0 Å². The fourth-order valence-corrected chi connectivity index (χ4v) is 2.57. The van der Waals surface area contributed by atoms with Crippen molar-refractivity contribution in [1.82, 2.24) is 4.48 Å². The monoisotopic (exact) mass is 219 g/mol. The van der Waals surface area contributed by atoms with Crippen molar-refractivity contribution in [1.29, 1.82) is 0 Å². The molecule has 0 N–H and O–H groups in total. The third-order valence-electron chi connectivity index (χ3n) is 3.43. The summed E-state index contributed by atoms with van der Waals surface area (Å²) in [6.07, 6.45) is 8.89. The minimum Gasteiger partial charge on any atom is -0.397 e. The van der Waals surface area contributed by atoms with Gasteiger partial charge in [-0.3, -0.25) is 0 Å². The van der Waals surface area contributed by atoms with E-state index in [-0.39, 0.29) is 0 Å². The zero-order valence-corrected chi connectivity index (χ0v) is 9.98. The molecule has 0 bridgehead atoms. The van der Waals surface area contributed by atoms with Gasteiger partial charge in [0.25, 0.3) is 0 Å². The second-order valence-corrected chi connectivity index (χ2v) is 4.50. The van der Waals surface area contributed by atoms with Crippen LogP contribution in [-0.2, 0) is 0 Å². The standard InChI is InChI=1S/C15H14BN/c1-11-13-9-5-6-10-14(13)17(16)15(11)12-7-3-2-4-8-12/h3,5-10H,2,4H2,1H3. The van der Waals surface area contributed by atoms with Crippen molar-refractivity contribution in [2.24, 2.45) is 0 Å². The Morgan fingerprint density at radius 3 is 2.71 bits per heavy atom. The molecule has 0 saturated carbocycles. The van der Waals surface area contributed by atoms with E-state index in [9.17, 15) is 0 Å². The lowest BCUT2D eigenvalue weighted by Gasteiger charge is -2.10. The Hall–Kier alpha value is -1.70. The molecule has 0 atom stereocenters. The lowest BCUT2D eigenvalue weighted by Crippen LogP contribution is -1.99. The molecule has 2 radical (unpaired) electrons. The number of benzene rings is 1. The zero-order valence-electron chi connectivity index (χ0n) is 9.98.